The van der Waals surface area contributed by atoms with Crippen molar-refractivity contribution in [2.75, 3.05) is 13.1 Å². The van der Waals surface area contributed by atoms with Crippen molar-refractivity contribution in [3.8, 4) is 0 Å². The molecule has 0 aromatic carbocycles. The predicted octanol–water partition coefficient (Wildman–Crippen LogP) is 2.25. The van der Waals surface area contributed by atoms with Gasteiger partial charge in [-0.2, -0.15) is 5.10 Å². The van der Waals surface area contributed by atoms with Gasteiger partial charge < -0.3 is 9.30 Å². The van der Waals surface area contributed by atoms with Crippen LogP contribution < -0.4 is 0 Å². The highest BCUT2D eigenvalue weighted by atomic mass is 16.2. The maximum absolute atomic E-state index is 12.7. The number of rotatable bonds is 3. The molecule has 3 aromatic heterocycles. The van der Waals surface area contributed by atoms with Crippen LogP contribution in [0, 0.1) is 6.92 Å². The molecular formula is C18H21N5O. The number of piperidine rings is 1. The first-order valence-corrected chi connectivity index (χ1v) is 8.41. The molecule has 1 aliphatic heterocycles. The molecule has 0 radical (unpaired) electrons. The Balaban J connectivity index is 1.47. The lowest BCUT2D eigenvalue weighted by Gasteiger charge is -2.32. The Morgan fingerprint density at radius 2 is 2.25 bits per heavy atom. The Morgan fingerprint density at radius 3 is 3.04 bits per heavy atom. The summed E-state index contributed by atoms with van der Waals surface area (Å²) in [5.41, 5.74) is 2.87. The molecule has 3 aromatic rings. The highest BCUT2D eigenvalue weighted by molar-refractivity contribution is 5.78. The number of carbonyl (C=O) groups excluding carboxylic acids is 1. The number of aryl methyl sites for hydroxylation is 1. The van der Waals surface area contributed by atoms with Gasteiger partial charge in [-0.1, -0.05) is 6.07 Å². The molecule has 24 heavy (non-hydrogen) atoms. The molecule has 1 fully saturated rings. The van der Waals surface area contributed by atoms with Gasteiger partial charge in [-0.15, -0.1) is 0 Å². The lowest BCUT2D eigenvalue weighted by molar-refractivity contribution is -0.132. The standard InChI is InChI=1S/C18H21N5O/c1-14-5-2-9-22-12-15(20-18(14)22)11-17(24)21-8-3-6-16(13-21)23-10-4-7-19-23/h2,4-5,7,9-10,12,16H,3,6,8,11,13H2,1H3. The molecule has 4 rings (SSSR count). The molecule has 6 heteroatoms. The first-order chi connectivity index (χ1) is 11.7. The van der Waals surface area contributed by atoms with E-state index in [0.717, 1.165) is 42.8 Å². The Labute approximate surface area is 140 Å². The van der Waals surface area contributed by atoms with Crippen LogP contribution in [0.4, 0.5) is 0 Å². The highest BCUT2D eigenvalue weighted by Gasteiger charge is 2.25. The second-order valence-corrected chi connectivity index (χ2v) is 6.45. The summed E-state index contributed by atoms with van der Waals surface area (Å²) >= 11 is 0. The Hall–Kier alpha value is -2.63. The number of fused-ring (bicyclic) bond motifs is 1. The molecule has 0 N–H and O–H groups in total. The van der Waals surface area contributed by atoms with Crippen molar-refractivity contribution in [2.45, 2.75) is 32.2 Å². The van der Waals surface area contributed by atoms with E-state index in [-0.39, 0.29) is 11.9 Å². The van der Waals surface area contributed by atoms with Crippen LogP contribution in [0.3, 0.4) is 0 Å². The van der Waals surface area contributed by atoms with E-state index >= 15 is 0 Å². The molecule has 0 aliphatic carbocycles. The molecule has 1 saturated heterocycles. The van der Waals surface area contributed by atoms with Crippen molar-refractivity contribution < 1.29 is 4.79 Å². The molecule has 0 saturated carbocycles. The molecule has 1 amide bonds. The maximum Gasteiger partial charge on any atom is 0.228 e. The Kier molecular flexibility index (Phi) is 3.80. The van der Waals surface area contributed by atoms with E-state index in [9.17, 15) is 4.79 Å². The summed E-state index contributed by atoms with van der Waals surface area (Å²) in [6, 6.07) is 6.24. The topological polar surface area (TPSA) is 55.4 Å². The minimum atomic E-state index is 0.146. The van der Waals surface area contributed by atoms with Gasteiger partial charge in [0.15, 0.2) is 0 Å². The van der Waals surface area contributed by atoms with Crippen molar-refractivity contribution in [2.24, 2.45) is 0 Å². The quantitative estimate of drug-likeness (QED) is 0.743. The van der Waals surface area contributed by atoms with Crippen LogP contribution in [0.25, 0.3) is 5.65 Å². The van der Waals surface area contributed by atoms with Gasteiger partial charge in [0, 0.05) is 37.9 Å². The minimum absolute atomic E-state index is 0.146. The second-order valence-electron chi connectivity index (χ2n) is 6.45. The van der Waals surface area contributed by atoms with Gasteiger partial charge in [-0.25, -0.2) is 4.98 Å². The van der Waals surface area contributed by atoms with Crippen LogP contribution in [0.2, 0.25) is 0 Å². The van der Waals surface area contributed by atoms with Gasteiger partial charge >= 0.3 is 0 Å². The zero-order valence-electron chi connectivity index (χ0n) is 13.8. The van der Waals surface area contributed by atoms with E-state index in [4.69, 9.17) is 0 Å². The molecule has 124 valence electrons. The fourth-order valence-corrected chi connectivity index (χ4v) is 3.45. The first-order valence-electron chi connectivity index (χ1n) is 8.41. The third-order valence-corrected chi connectivity index (χ3v) is 4.71. The van der Waals surface area contributed by atoms with Gasteiger partial charge in [0.1, 0.15) is 5.65 Å². The second kappa shape index (κ2) is 6.11. The summed E-state index contributed by atoms with van der Waals surface area (Å²) in [6.07, 6.45) is 10.1. The fourth-order valence-electron chi connectivity index (χ4n) is 3.45. The molecule has 1 aliphatic rings. The summed E-state index contributed by atoms with van der Waals surface area (Å²) in [4.78, 5) is 19.3. The third-order valence-electron chi connectivity index (χ3n) is 4.71. The van der Waals surface area contributed by atoms with E-state index in [1.54, 1.807) is 6.20 Å². The predicted molar refractivity (Wildman–Crippen MR) is 90.7 cm³/mol. The number of nitrogens with zero attached hydrogens (tertiary/aromatic N) is 5. The number of hydrogen-bond acceptors (Lipinski definition) is 3. The van der Waals surface area contributed by atoms with Crippen molar-refractivity contribution in [1.29, 1.82) is 0 Å². The van der Waals surface area contributed by atoms with Gasteiger partial charge in [0.2, 0.25) is 5.91 Å². The smallest absolute Gasteiger partial charge is 0.228 e. The summed E-state index contributed by atoms with van der Waals surface area (Å²) < 4.78 is 3.95. The number of carbonyl (C=O) groups is 1. The number of imidazole rings is 1. The average Bonchev–Trinajstić information content (AvgIpc) is 3.25. The number of pyridine rings is 1. The fraction of sp³-hybridized carbons (Fsp3) is 0.389. The Morgan fingerprint density at radius 1 is 1.33 bits per heavy atom. The number of aromatic nitrogens is 4. The van der Waals surface area contributed by atoms with Gasteiger partial charge in [0.05, 0.1) is 18.2 Å². The average molecular weight is 323 g/mol. The SMILES string of the molecule is Cc1cccn2cc(CC(=O)N3CCCC(n4cccn4)C3)nc12. The zero-order valence-corrected chi connectivity index (χ0v) is 13.8. The molecule has 6 nitrogen and oxygen atoms in total. The molecule has 4 heterocycles. The Bertz CT molecular complexity index is 852. The normalized spacial score (nSPS) is 18.2. The lowest BCUT2D eigenvalue weighted by atomic mass is 10.1. The van der Waals surface area contributed by atoms with Crippen LogP contribution >= 0.6 is 0 Å². The van der Waals surface area contributed by atoms with Crippen molar-refractivity contribution in [3.63, 3.8) is 0 Å². The summed E-state index contributed by atoms with van der Waals surface area (Å²) in [6.45, 7) is 3.59. The summed E-state index contributed by atoms with van der Waals surface area (Å²) in [5, 5.41) is 4.32. The molecule has 0 spiro atoms. The van der Waals surface area contributed by atoms with Crippen LogP contribution in [-0.2, 0) is 11.2 Å². The molecule has 1 atom stereocenters. The summed E-state index contributed by atoms with van der Waals surface area (Å²) in [7, 11) is 0. The van der Waals surface area contributed by atoms with Gasteiger partial charge in [-0.3, -0.25) is 9.48 Å². The van der Waals surface area contributed by atoms with Gasteiger partial charge in [0.25, 0.3) is 0 Å². The van der Waals surface area contributed by atoms with Crippen LogP contribution in [0.5, 0.6) is 0 Å². The molecule has 0 bridgehead atoms. The highest BCUT2D eigenvalue weighted by Crippen LogP contribution is 2.21. The molecule has 1 unspecified atom stereocenters. The van der Waals surface area contributed by atoms with E-state index < -0.39 is 0 Å². The van der Waals surface area contributed by atoms with E-state index in [2.05, 4.69) is 10.1 Å². The van der Waals surface area contributed by atoms with E-state index in [1.165, 1.54) is 0 Å². The van der Waals surface area contributed by atoms with Crippen LogP contribution in [0.1, 0.15) is 30.1 Å². The van der Waals surface area contributed by atoms with Gasteiger partial charge in [-0.05, 0) is 37.5 Å². The number of hydrogen-bond donors (Lipinski definition) is 0. The van der Waals surface area contributed by atoms with Crippen molar-refractivity contribution in [3.05, 3.63) is 54.2 Å². The van der Waals surface area contributed by atoms with E-state index in [1.807, 2.05) is 57.7 Å². The van der Waals surface area contributed by atoms with Crippen LogP contribution in [0.15, 0.2) is 43.0 Å². The zero-order chi connectivity index (χ0) is 16.5. The molecular weight excluding hydrogens is 302 g/mol. The minimum Gasteiger partial charge on any atom is -0.340 e. The third kappa shape index (κ3) is 2.79. The van der Waals surface area contributed by atoms with Crippen LogP contribution in [-0.4, -0.2) is 43.1 Å². The largest absolute Gasteiger partial charge is 0.340 e. The lowest BCUT2D eigenvalue weighted by Crippen LogP contribution is -2.41. The number of amides is 1. The van der Waals surface area contributed by atoms with Crippen molar-refractivity contribution >= 4 is 11.6 Å². The van der Waals surface area contributed by atoms with Crippen molar-refractivity contribution in [1.82, 2.24) is 24.1 Å². The maximum atomic E-state index is 12.7. The number of likely N-dealkylation sites (tertiary alicyclic amines) is 1. The first kappa shape index (κ1) is 14.9. The summed E-state index contributed by atoms with van der Waals surface area (Å²) in [5.74, 6) is 0.146. The monoisotopic (exact) mass is 323 g/mol. The van der Waals surface area contributed by atoms with E-state index in [0.29, 0.717) is 6.42 Å².